The summed E-state index contributed by atoms with van der Waals surface area (Å²) in [5, 5.41) is 6.08. The normalized spacial score (nSPS) is 19.8. The van der Waals surface area contributed by atoms with E-state index in [0.717, 1.165) is 29.8 Å². The van der Waals surface area contributed by atoms with Gasteiger partial charge in [0.2, 0.25) is 17.7 Å². The Kier molecular flexibility index (Phi) is 14.0. The molecule has 1 saturated heterocycles. The Hall–Kier alpha value is -2.82. The van der Waals surface area contributed by atoms with Gasteiger partial charge in [0.15, 0.2) is 0 Å². The molecule has 0 radical (unpaired) electrons. The molecule has 0 unspecified atom stereocenters. The lowest BCUT2D eigenvalue weighted by Crippen LogP contribution is -2.56. The maximum absolute atomic E-state index is 13.9. The number of likely N-dealkylation sites (tertiary alicyclic amines) is 1. The maximum atomic E-state index is 13.9. The first kappa shape index (κ1) is 36.6. The molecule has 0 bridgehead atoms. The molecule has 0 saturated carbocycles. The summed E-state index contributed by atoms with van der Waals surface area (Å²) in [5.74, 6) is -0.433. The summed E-state index contributed by atoms with van der Waals surface area (Å²) in [6, 6.07) is 8.92. The average Bonchev–Trinajstić information content (AvgIpc) is 3.76. The van der Waals surface area contributed by atoms with Crippen LogP contribution < -0.4 is 11.1 Å². The van der Waals surface area contributed by atoms with Crippen molar-refractivity contribution in [3.05, 3.63) is 52.5 Å². The van der Waals surface area contributed by atoms with Crippen molar-refractivity contribution in [1.29, 1.82) is 0 Å². The van der Waals surface area contributed by atoms with Crippen LogP contribution in [0.1, 0.15) is 83.8 Å². The largest absolute Gasteiger partial charge is 0.379 e. The molecule has 8 atom stereocenters. The van der Waals surface area contributed by atoms with Crippen LogP contribution in [0.2, 0.25) is 0 Å². The first-order chi connectivity index (χ1) is 21.4. The average molecular weight is 642 g/mol. The van der Waals surface area contributed by atoms with E-state index in [1.165, 1.54) is 11.3 Å². The van der Waals surface area contributed by atoms with Crippen LogP contribution in [0.4, 0.5) is 0 Å². The van der Waals surface area contributed by atoms with E-state index >= 15 is 0 Å². The van der Waals surface area contributed by atoms with Crippen molar-refractivity contribution < 1.29 is 19.1 Å². The number of aromatic nitrogens is 1. The lowest BCUT2D eigenvalue weighted by molar-refractivity contribution is -0.144. The lowest BCUT2D eigenvalue weighted by atomic mass is 9.86. The molecule has 1 aliphatic rings. The third-order valence-corrected chi connectivity index (χ3v) is 10.8. The van der Waals surface area contributed by atoms with E-state index in [9.17, 15) is 14.4 Å². The number of nitrogens with zero attached hydrogens (tertiary/aromatic N) is 3. The number of rotatable bonds is 16. The molecule has 1 aliphatic heterocycles. The number of methoxy groups -OCH3 is 1. The fourth-order valence-corrected chi connectivity index (χ4v) is 7.21. The Balaban J connectivity index is 1.72. The Morgan fingerprint density at radius 2 is 1.84 bits per heavy atom. The number of thiazole rings is 1. The first-order valence-electron chi connectivity index (χ1n) is 16.5. The molecule has 45 heavy (non-hydrogen) atoms. The quantitative estimate of drug-likeness (QED) is 0.264. The summed E-state index contributed by atoms with van der Waals surface area (Å²) in [6.07, 6.45) is 4.67. The highest BCUT2D eigenvalue weighted by atomic mass is 32.1. The van der Waals surface area contributed by atoms with Gasteiger partial charge in [-0.3, -0.25) is 14.4 Å². The second-order valence-electron chi connectivity index (χ2n) is 13.1. The molecule has 1 aromatic carbocycles. The Bertz CT molecular complexity index is 1210. The van der Waals surface area contributed by atoms with Gasteiger partial charge < -0.3 is 25.6 Å². The van der Waals surface area contributed by atoms with Crippen molar-refractivity contribution in [2.24, 2.45) is 29.4 Å². The third kappa shape index (κ3) is 9.36. The highest BCUT2D eigenvalue weighted by Gasteiger charge is 2.41. The molecule has 1 fully saturated rings. The molecule has 1 aromatic heterocycles. The number of benzene rings is 1. The van der Waals surface area contributed by atoms with Crippen molar-refractivity contribution in [3.8, 4) is 0 Å². The standard InChI is InChI=1S/C35H55N5O4S/c1-9-23(4)32(39(7)35(43)31(36)22(2)3)29(44-8)21-30(41)40-18-13-16-28(40)24(5)25(6)33(42)38-27(34-37-17-19-45-34)20-26-14-11-10-12-15-26/h10-12,14-15,17,19,22-25,27-29,31-32H,9,13,16,18,20-21,36H2,1-8H3,(H,38,42)/t23-,24+,25+,27-,28-,29+,31-,32-/m0/s1. The van der Waals surface area contributed by atoms with Crippen LogP contribution in [0.3, 0.4) is 0 Å². The van der Waals surface area contributed by atoms with Gasteiger partial charge in [0.25, 0.3) is 0 Å². The number of carbonyl (C=O) groups excluding carboxylic acids is 3. The van der Waals surface area contributed by atoms with Crippen LogP contribution in [0.15, 0.2) is 41.9 Å². The molecule has 3 amide bonds. The number of nitrogens with two attached hydrogens (primary N) is 1. The van der Waals surface area contributed by atoms with Crippen LogP contribution in [-0.2, 0) is 25.5 Å². The molecule has 10 heteroatoms. The summed E-state index contributed by atoms with van der Waals surface area (Å²) in [6.45, 7) is 12.7. The van der Waals surface area contributed by atoms with E-state index in [2.05, 4.69) is 43.2 Å². The van der Waals surface area contributed by atoms with Crippen LogP contribution in [-0.4, -0.2) is 77.4 Å². The Morgan fingerprint density at radius 3 is 2.42 bits per heavy atom. The van der Waals surface area contributed by atoms with Crippen molar-refractivity contribution in [2.75, 3.05) is 20.7 Å². The first-order valence-corrected chi connectivity index (χ1v) is 17.4. The zero-order valence-corrected chi connectivity index (χ0v) is 29.3. The highest BCUT2D eigenvalue weighted by molar-refractivity contribution is 7.09. The minimum Gasteiger partial charge on any atom is -0.379 e. The van der Waals surface area contributed by atoms with Gasteiger partial charge in [0.05, 0.1) is 30.7 Å². The Labute approximate surface area is 274 Å². The third-order valence-electron chi connectivity index (χ3n) is 9.86. The monoisotopic (exact) mass is 641 g/mol. The fraction of sp³-hybridized carbons (Fsp3) is 0.657. The molecule has 3 rings (SSSR count). The molecule has 9 nitrogen and oxygen atoms in total. The summed E-state index contributed by atoms with van der Waals surface area (Å²) in [7, 11) is 3.38. The predicted octanol–water partition coefficient (Wildman–Crippen LogP) is 5.07. The van der Waals surface area contributed by atoms with Crippen molar-refractivity contribution in [3.63, 3.8) is 0 Å². The van der Waals surface area contributed by atoms with E-state index < -0.39 is 12.1 Å². The van der Waals surface area contributed by atoms with E-state index in [1.807, 2.05) is 49.3 Å². The van der Waals surface area contributed by atoms with Crippen LogP contribution in [0, 0.1) is 23.7 Å². The van der Waals surface area contributed by atoms with Gasteiger partial charge in [-0.05, 0) is 42.6 Å². The lowest BCUT2D eigenvalue weighted by Gasteiger charge is -2.40. The van der Waals surface area contributed by atoms with Crippen molar-refractivity contribution >= 4 is 29.1 Å². The van der Waals surface area contributed by atoms with E-state index in [4.69, 9.17) is 10.5 Å². The zero-order valence-electron chi connectivity index (χ0n) is 28.4. The zero-order chi connectivity index (χ0) is 33.3. The molecule has 0 spiro atoms. The molecular formula is C35H55N5O4S. The second kappa shape index (κ2) is 17.2. The minimum absolute atomic E-state index is 0.00128. The number of hydrogen-bond donors (Lipinski definition) is 2. The fourth-order valence-electron chi connectivity index (χ4n) is 6.52. The molecule has 0 aliphatic carbocycles. The smallest absolute Gasteiger partial charge is 0.239 e. The van der Waals surface area contributed by atoms with Gasteiger partial charge in [-0.2, -0.15) is 0 Å². The highest BCUT2D eigenvalue weighted by Crippen LogP contribution is 2.32. The summed E-state index contributed by atoms with van der Waals surface area (Å²) < 4.78 is 5.94. The summed E-state index contributed by atoms with van der Waals surface area (Å²) in [5.41, 5.74) is 7.37. The topological polar surface area (TPSA) is 118 Å². The molecule has 2 aromatic rings. The van der Waals surface area contributed by atoms with Crippen molar-refractivity contribution in [2.45, 2.75) is 104 Å². The van der Waals surface area contributed by atoms with Gasteiger partial charge in [0, 0.05) is 44.2 Å². The molecular weight excluding hydrogens is 586 g/mol. The van der Waals surface area contributed by atoms with Gasteiger partial charge in [-0.25, -0.2) is 4.98 Å². The second-order valence-corrected chi connectivity index (χ2v) is 14.1. The number of hydrogen-bond acceptors (Lipinski definition) is 7. The SMILES string of the molecule is CC[C@H](C)[C@@H]([C@@H](CC(=O)N1CCC[C@H]1[C@H](C)[C@@H](C)C(=O)N[C@@H](Cc1ccccc1)c1nccs1)OC)N(C)C(=O)[C@@H](N)C(C)C. The number of nitrogens with one attached hydrogen (secondary N) is 1. The van der Waals surface area contributed by atoms with Crippen molar-refractivity contribution in [1.82, 2.24) is 20.1 Å². The molecule has 3 N–H and O–H groups in total. The van der Waals surface area contributed by atoms with Crippen LogP contribution >= 0.6 is 11.3 Å². The number of ether oxygens (including phenoxy) is 1. The maximum Gasteiger partial charge on any atom is 0.239 e. The van der Waals surface area contributed by atoms with Gasteiger partial charge in [-0.1, -0.05) is 78.3 Å². The Morgan fingerprint density at radius 1 is 1.16 bits per heavy atom. The molecule has 2 heterocycles. The van der Waals surface area contributed by atoms with E-state index in [-0.39, 0.29) is 65.9 Å². The predicted molar refractivity (Wildman–Crippen MR) is 180 cm³/mol. The number of carbonyl (C=O) groups is 3. The van der Waals surface area contributed by atoms with Gasteiger partial charge >= 0.3 is 0 Å². The number of likely N-dealkylation sites (N-methyl/N-ethyl adjacent to an activating group) is 1. The van der Waals surface area contributed by atoms with Gasteiger partial charge in [0.1, 0.15) is 5.01 Å². The van der Waals surface area contributed by atoms with E-state index in [1.54, 1.807) is 25.3 Å². The summed E-state index contributed by atoms with van der Waals surface area (Å²) in [4.78, 5) is 49.0. The molecule has 250 valence electrons. The minimum atomic E-state index is -0.617. The van der Waals surface area contributed by atoms with E-state index in [0.29, 0.717) is 13.0 Å². The number of amides is 3. The van der Waals surface area contributed by atoms with Gasteiger partial charge in [-0.15, -0.1) is 11.3 Å². The van der Waals surface area contributed by atoms with Crippen LogP contribution in [0.25, 0.3) is 0 Å². The van der Waals surface area contributed by atoms with Crippen LogP contribution in [0.5, 0.6) is 0 Å². The summed E-state index contributed by atoms with van der Waals surface area (Å²) >= 11 is 1.54.